The van der Waals surface area contributed by atoms with Crippen molar-refractivity contribution in [1.29, 1.82) is 0 Å². The van der Waals surface area contributed by atoms with Crippen LogP contribution in [0, 0.1) is 16.0 Å². The van der Waals surface area contributed by atoms with Gasteiger partial charge in [-0.2, -0.15) is 0 Å². The SMILES string of the molecule is CC(C)/C(=C/c1cc(Cl)ccc1[N+](=O)[O-])CN. The second kappa shape index (κ2) is 5.80. The van der Waals surface area contributed by atoms with Gasteiger partial charge in [-0.05, 0) is 24.1 Å². The Morgan fingerprint density at radius 3 is 2.71 bits per heavy atom. The predicted octanol–water partition coefficient (Wildman–Crippen LogP) is 3.25. The lowest BCUT2D eigenvalue weighted by atomic mass is 10.00. The quantitative estimate of drug-likeness (QED) is 0.662. The molecular formula is C12H15ClN2O2. The molecule has 0 unspecified atom stereocenters. The van der Waals surface area contributed by atoms with Gasteiger partial charge in [0.2, 0.25) is 0 Å². The zero-order valence-electron chi connectivity index (χ0n) is 9.81. The average Bonchev–Trinajstić information content (AvgIpc) is 2.25. The number of benzene rings is 1. The first-order valence-corrected chi connectivity index (χ1v) is 5.68. The molecule has 4 nitrogen and oxygen atoms in total. The highest BCUT2D eigenvalue weighted by Crippen LogP contribution is 2.26. The van der Waals surface area contributed by atoms with Crippen LogP contribution >= 0.6 is 11.6 Å². The van der Waals surface area contributed by atoms with E-state index in [2.05, 4.69) is 0 Å². The van der Waals surface area contributed by atoms with E-state index in [0.717, 1.165) is 5.57 Å². The van der Waals surface area contributed by atoms with Crippen LogP contribution in [0.5, 0.6) is 0 Å². The van der Waals surface area contributed by atoms with Gasteiger partial charge in [0.25, 0.3) is 5.69 Å². The molecule has 0 saturated heterocycles. The standard InChI is InChI=1S/C12H15ClN2O2/c1-8(2)10(7-14)5-9-6-11(13)3-4-12(9)15(16)17/h3-6,8H,7,14H2,1-2H3/b10-5+. The highest BCUT2D eigenvalue weighted by Gasteiger charge is 2.13. The zero-order valence-corrected chi connectivity index (χ0v) is 10.6. The monoisotopic (exact) mass is 254 g/mol. The van der Waals surface area contributed by atoms with E-state index in [-0.39, 0.29) is 11.6 Å². The Morgan fingerprint density at radius 2 is 2.24 bits per heavy atom. The zero-order chi connectivity index (χ0) is 13.0. The third-order valence-corrected chi connectivity index (χ3v) is 2.74. The number of nitro groups is 1. The highest BCUT2D eigenvalue weighted by molar-refractivity contribution is 6.30. The molecule has 0 fully saturated rings. The lowest BCUT2D eigenvalue weighted by Crippen LogP contribution is -2.08. The molecule has 17 heavy (non-hydrogen) atoms. The van der Waals surface area contributed by atoms with Crippen molar-refractivity contribution in [3.05, 3.63) is 44.5 Å². The second-order valence-electron chi connectivity index (χ2n) is 4.04. The lowest BCUT2D eigenvalue weighted by molar-refractivity contribution is -0.385. The van der Waals surface area contributed by atoms with Gasteiger partial charge < -0.3 is 5.73 Å². The van der Waals surface area contributed by atoms with E-state index in [1.807, 2.05) is 13.8 Å². The summed E-state index contributed by atoms with van der Waals surface area (Å²) in [5.41, 5.74) is 7.11. The Bertz CT molecular complexity index is 456. The van der Waals surface area contributed by atoms with E-state index in [1.54, 1.807) is 12.1 Å². The van der Waals surface area contributed by atoms with E-state index in [1.165, 1.54) is 12.1 Å². The maximum Gasteiger partial charge on any atom is 0.276 e. The van der Waals surface area contributed by atoms with E-state index < -0.39 is 4.92 Å². The van der Waals surface area contributed by atoms with Crippen molar-refractivity contribution in [1.82, 2.24) is 0 Å². The fraction of sp³-hybridized carbons (Fsp3) is 0.333. The first kappa shape index (κ1) is 13.7. The van der Waals surface area contributed by atoms with Crippen molar-refractivity contribution in [2.45, 2.75) is 13.8 Å². The largest absolute Gasteiger partial charge is 0.327 e. The van der Waals surface area contributed by atoms with Crippen LogP contribution in [0.4, 0.5) is 5.69 Å². The van der Waals surface area contributed by atoms with Crippen molar-refractivity contribution < 1.29 is 4.92 Å². The number of halogens is 1. The lowest BCUT2D eigenvalue weighted by Gasteiger charge is -2.08. The molecule has 0 saturated carbocycles. The Balaban J connectivity index is 3.28. The van der Waals surface area contributed by atoms with Gasteiger partial charge in [-0.25, -0.2) is 0 Å². The molecule has 0 radical (unpaired) electrons. The average molecular weight is 255 g/mol. The molecule has 0 atom stereocenters. The van der Waals surface area contributed by atoms with Crippen LogP contribution in [-0.2, 0) is 0 Å². The number of nitrogens with zero attached hydrogens (tertiary/aromatic N) is 1. The summed E-state index contributed by atoms with van der Waals surface area (Å²) in [6.07, 6.45) is 1.74. The van der Waals surface area contributed by atoms with Crippen molar-refractivity contribution in [2.75, 3.05) is 6.54 Å². The van der Waals surface area contributed by atoms with Gasteiger partial charge in [-0.1, -0.05) is 31.0 Å². The third-order valence-electron chi connectivity index (χ3n) is 2.50. The molecule has 1 aromatic rings. The Morgan fingerprint density at radius 1 is 1.59 bits per heavy atom. The summed E-state index contributed by atoms with van der Waals surface area (Å²) in [6.45, 7) is 4.37. The van der Waals surface area contributed by atoms with Gasteiger partial charge in [0.1, 0.15) is 0 Å². The molecule has 0 bridgehead atoms. The summed E-state index contributed by atoms with van der Waals surface area (Å²) in [4.78, 5) is 10.5. The molecule has 0 aliphatic rings. The predicted molar refractivity (Wildman–Crippen MR) is 70.0 cm³/mol. The maximum absolute atomic E-state index is 10.9. The topological polar surface area (TPSA) is 69.2 Å². The summed E-state index contributed by atoms with van der Waals surface area (Å²) < 4.78 is 0. The molecule has 92 valence electrons. The molecule has 1 rings (SSSR count). The van der Waals surface area contributed by atoms with E-state index in [9.17, 15) is 10.1 Å². The highest BCUT2D eigenvalue weighted by atomic mass is 35.5. The molecule has 2 N–H and O–H groups in total. The van der Waals surface area contributed by atoms with Gasteiger partial charge >= 0.3 is 0 Å². The Hall–Kier alpha value is -1.39. The molecule has 0 aliphatic carbocycles. The van der Waals surface area contributed by atoms with Crippen molar-refractivity contribution in [3.63, 3.8) is 0 Å². The molecule has 0 spiro atoms. The second-order valence-corrected chi connectivity index (χ2v) is 4.47. The summed E-state index contributed by atoms with van der Waals surface area (Å²) in [7, 11) is 0. The van der Waals surface area contributed by atoms with Crippen LogP contribution in [0.3, 0.4) is 0 Å². The van der Waals surface area contributed by atoms with Gasteiger partial charge in [0, 0.05) is 17.6 Å². The van der Waals surface area contributed by atoms with Crippen molar-refractivity contribution in [2.24, 2.45) is 11.7 Å². The van der Waals surface area contributed by atoms with Crippen LogP contribution in [0.15, 0.2) is 23.8 Å². The van der Waals surface area contributed by atoms with E-state index in [4.69, 9.17) is 17.3 Å². The van der Waals surface area contributed by atoms with Gasteiger partial charge in [0.15, 0.2) is 0 Å². The molecule has 1 aromatic carbocycles. The minimum absolute atomic E-state index is 0.0426. The number of nitrogens with two attached hydrogens (primary N) is 1. The summed E-state index contributed by atoms with van der Waals surface area (Å²) in [5.74, 6) is 0.249. The summed E-state index contributed by atoms with van der Waals surface area (Å²) >= 11 is 5.84. The number of rotatable bonds is 4. The number of hydrogen-bond acceptors (Lipinski definition) is 3. The molecule has 0 aliphatic heterocycles. The third kappa shape index (κ3) is 3.54. The molecule has 0 aromatic heterocycles. The van der Waals surface area contributed by atoms with Crippen LogP contribution in [0.25, 0.3) is 6.08 Å². The normalized spacial score (nSPS) is 11.9. The number of hydrogen-bond donors (Lipinski definition) is 1. The van der Waals surface area contributed by atoms with Crippen LogP contribution in [-0.4, -0.2) is 11.5 Å². The van der Waals surface area contributed by atoms with Crippen LogP contribution in [0.1, 0.15) is 19.4 Å². The smallest absolute Gasteiger partial charge is 0.276 e. The minimum Gasteiger partial charge on any atom is -0.327 e. The maximum atomic E-state index is 10.9. The summed E-state index contributed by atoms with van der Waals surface area (Å²) in [5, 5.41) is 11.3. The first-order valence-electron chi connectivity index (χ1n) is 5.30. The van der Waals surface area contributed by atoms with E-state index >= 15 is 0 Å². The first-order chi connectivity index (χ1) is 7.95. The Kier molecular flexibility index (Phi) is 4.66. The molecule has 0 amide bonds. The minimum atomic E-state index is -0.420. The molecular weight excluding hydrogens is 240 g/mol. The molecule has 5 heteroatoms. The van der Waals surface area contributed by atoms with Gasteiger partial charge in [-0.15, -0.1) is 0 Å². The van der Waals surface area contributed by atoms with Crippen molar-refractivity contribution in [3.8, 4) is 0 Å². The van der Waals surface area contributed by atoms with E-state index in [0.29, 0.717) is 17.1 Å². The van der Waals surface area contributed by atoms with Crippen LogP contribution in [0.2, 0.25) is 5.02 Å². The van der Waals surface area contributed by atoms with Crippen LogP contribution < -0.4 is 5.73 Å². The fourth-order valence-corrected chi connectivity index (χ4v) is 1.65. The van der Waals surface area contributed by atoms with Gasteiger partial charge in [0.05, 0.1) is 10.5 Å². The van der Waals surface area contributed by atoms with Crippen molar-refractivity contribution >= 4 is 23.4 Å². The fourth-order valence-electron chi connectivity index (χ4n) is 1.47. The summed E-state index contributed by atoms with van der Waals surface area (Å²) in [6, 6.07) is 4.49. The molecule has 0 heterocycles. The number of nitro benzene ring substituents is 1. The van der Waals surface area contributed by atoms with Gasteiger partial charge in [-0.3, -0.25) is 10.1 Å². The Labute approximate surface area is 105 Å².